The van der Waals surface area contributed by atoms with E-state index in [2.05, 4.69) is 5.32 Å². The van der Waals surface area contributed by atoms with Crippen molar-refractivity contribution in [1.82, 2.24) is 5.32 Å². The second-order valence-corrected chi connectivity index (χ2v) is 5.01. The van der Waals surface area contributed by atoms with E-state index < -0.39 is 6.10 Å². The van der Waals surface area contributed by atoms with Crippen LogP contribution in [0.25, 0.3) is 0 Å². The molecule has 0 radical (unpaired) electrons. The summed E-state index contributed by atoms with van der Waals surface area (Å²) in [4.78, 5) is 11.9. The predicted octanol–water partition coefficient (Wildman–Crippen LogP) is 1.73. The molecule has 1 atom stereocenters. The Bertz CT molecular complexity index is 423. The SMILES string of the molecule is COc1cccc(CO)c1OC(C)C(=O)NCC(C)C. The Morgan fingerprint density at radius 1 is 1.35 bits per heavy atom. The van der Waals surface area contributed by atoms with Gasteiger partial charge < -0.3 is 19.9 Å². The molecule has 0 aromatic heterocycles. The molecular weight excluding hydrogens is 258 g/mol. The Kier molecular flexibility index (Phi) is 6.31. The number of aliphatic hydroxyl groups excluding tert-OH is 1. The first-order valence-electron chi connectivity index (χ1n) is 6.70. The molecule has 1 aromatic carbocycles. The predicted molar refractivity (Wildman–Crippen MR) is 76.9 cm³/mol. The van der Waals surface area contributed by atoms with Gasteiger partial charge in [0, 0.05) is 12.1 Å². The van der Waals surface area contributed by atoms with Gasteiger partial charge in [0.05, 0.1) is 13.7 Å². The highest BCUT2D eigenvalue weighted by Gasteiger charge is 2.19. The van der Waals surface area contributed by atoms with Gasteiger partial charge in [0.1, 0.15) is 0 Å². The maximum Gasteiger partial charge on any atom is 0.260 e. The van der Waals surface area contributed by atoms with Gasteiger partial charge in [0.25, 0.3) is 5.91 Å². The number of carbonyl (C=O) groups excluding carboxylic acids is 1. The van der Waals surface area contributed by atoms with Gasteiger partial charge in [0.2, 0.25) is 0 Å². The number of nitrogens with one attached hydrogen (secondary N) is 1. The standard InChI is InChI=1S/C15H23NO4/c1-10(2)8-16-15(18)11(3)20-14-12(9-17)6-5-7-13(14)19-4/h5-7,10-11,17H,8-9H2,1-4H3,(H,16,18). The number of amides is 1. The lowest BCUT2D eigenvalue weighted by atomic mass is 10.2. The monoisotopic (exact) mass is 281 g/mol. The number of carbonyl (C=O) groups is 1. The molecule has 1 rings (SSSR count). The number of hydrogen-bond acceptors (Lipinski definition) is 4. The van der Waals surface area contributed by atoms with E-state index in [-0.39, 0.29) is 12.5 Å². The fraction of sp³-hybridized carbons (Fsp3) is 0.533. The molecule has 112 valence electrons. The van der Waals surface area contributed by atoms with Crippen molar-refractivity contribution in [3.05, 3.63) is 23.8 Å². The largest absolute Gasteiger partial charge is 0.493 e. The number of hydrogen-bond donors (Lipinski definition) is 2. The van der Waals surface area contributed by atoms with Crippen LogP contribution in [0.3, 0.4) is 0 Å². The molecule has 1 unspecified atom stereocenters. The highest BCUT2D eigenvalue weighted by atomic mass is 16.5. The van der Waals surface area contributed by atoms with E-state index in [0.717, 1.165) is 0 Å². The molecule has 2 N–H and O–H groups in total. The Hall–Kier alpha value is -1.75. The van der Waals surface area contributed by atoms with Crippen molar-refractivity contribution >= 4 is 5.91 Å². The molecule has 1 aromatic rings. The van der Waals surface area contributed by atoms with Crippen LogP contribution in [0.5, 0.6) is 11.5 Å². The summed E-state index contributed by atoms with van der Waals surface area (Å²) in [5.41, 5.74) is 0.591. The molecule has 5 heteroatoms. The van der Waals surface area contributed by atoms with Gasteiger partial charge in [0.15, 0.2) is 17.6 Å². The minimum atomic E-state index is -0.657. The van der Waals surface area contributed by atoms with Crippen molar-refractivity contribution < 1.29 is 19.4 Å². The van der Waals surface area contributed by atoms with Crippen molar-refractivity contribution in [2.24, 2.45) is 5.92 Å². The van der Waals surface area contributed by atoms with E-state index in [0.29, 0.717) is 29.5 Å². The normalized spacial score (nSPS) is 12.1. The molecule has 0 bridgehead atoms. The van der Waals surface area contributed by atoms with Crippen LogP contribution < -0.4 is 14.8 Å². The third-order valence-corrected chi connectivity index (χ3v) is 2.80. The Morgan fingerprint density at radius 3 is 2.60 bits per heavy atom. The summed E-state index contributed by atoms with van der Waals surface area (Å²) in [5.74, 6) is 1.10. The molecule has 0 fully saturated rings. The first kappa shape index (κ1) is 16.3. The number of rotatable bonds is 7. The molecular formula is C15H23NO4. The summed E-state index contributed by atoms with van der Waals surface area (Å²) in [6.07, 6.45) is -0.657. The third kappa shape index (κ3) is 4.42. The van der Waals surface area contributed by atoms with Crippen molar-refractivity contribution in [2.75, 3.05) is 13.7 Å². The van der Waals surface area contributed by atoms with Crippen LogP contribution in [0.4, 0.5) is 0 Å². The molecule has 0 heterocycles. The van der Waals surface area contributed by atoms with Gasteiger partial charge in [-0.2, -0.15) is 0 Å². The average molecular weight is 281 g/mol. The molecule has 0 spiro atoms. The van der Waals surface area contributed by atoms with E-state index in [1.54, 1.807) is 25.1 Å². The van der Waals surface area contributed by atoms with Gasteiger partial charge in [-0.1, -0.05) is 26.0 Å². The van der Waals surface area contributed by atoms with Gasteiger partial charge in [-0.3, -0.25) is 4.79 Å². The zero-order chi connectivity index (χ0) is 15.1. The van der Waals surface area contributed by atoms with Gasteiger partial charge in [-0.15, -0.1) is 0 Å². The van der Waals surface area contributed by atoms with Gasteiger partial charge >= 0.3 is 0 Å². The molecule has 0 aliphatic carbocycles. The maximum atomic E-state index is 11.9. The summed E-state index contributed by atoms with van der Waals surface area (Å²) in [5, 5.41) is 12.1. The van der Waals surface area contributed by atoms with Crippen molar-refractivity contribution in [3.63, 3.8) is 0 Å². The van der Waals surface area contributed by atoms with Crippen LogP contribution in [-0.4, -0.2) is 30.8 Å². The fourth-order valence-corrected chi connectivity index (χ4v) is 1.66. The lowest BCUT2D eigenvalue weighted by Crippen LogP contribution is -2.38. The zero-order valence-corrected chi connectivity index (χ0v) is 12.5. The van der Waals surface area contributed by atoms with Crippen molar-refractivity contribution in [1.29, 1.82) is 0 Å². The van der Waals surface area contributed by atoms with E-state index in [9.17, 15) is 9.90 Å². The second-order valence-electron chi connectivity index (χ2n) is 5.01. The lowest BCUT2D eigenvalue weighted by Gasteiger charge is -2.19. The molecule has 20 heavy (non-hydrogen) atoms. The molecule has 5 nitrogen and oxygen atoms in total. The third-order valence-electron chi connectivity index (χ3n) is 2.80. The quantitative estimate of drug-likeness (QED) is 0.798. The van der Waals surface area contributed by atoms with Crippen LogP contribution in [0.15, 0.2) is 18.2 Å². The summed E-state index contributed by atoms with van der Waals surface area (Å²) >= 11 is 0. The Morgan fingerprint density at radius 2 is 2.05 bits per heavy atom. The summed E-state index contributed by atoms with van der Waals surface area (Å²) < 4.78 is 10.9. The molecule has 0 saturated carbocycles. The maximum absolute atomic E-state index is 11.9. The van der Waals surface area contributed by atoms with Crippen LogP contribution in [0.1, 0.15) is 26.3 Å². The molecule has 1 amide bonds. The van der Waals surface area contributed by atoms with Gasteiger partial charge in [-0.05, 0) is 18.9 Å². The Labute approximate surface area is 119 Å². The van der Waals surface area contributed by atoms with Crippen molar-refractivity contribution in [2.45, 2.75) is 33.5 Å². The summed E-state index contributed by atoms with van der Waals surface area (Å²) in [6, 6.07) is 5.23. The van der Waals surface area contributed by atoms with E-state index in [4.69, 9.17) is 9.47 Å². The van der Waals surface area contributed by atoms with Crippen LogP contribution in [-0.2, 0) is 11.4 Å². The van der Waals surface area contributed by atoms with E-state index in [1.807, 2.05) is 13.8 Å². The number of benzene rings is 1. The highest BCUT2D eigenvalue weighted by molar-refractivity contribution is 5.80. The summed E-state index contributed by atoms with van der Waals surface area (Å²) in [7, 11) is 1.52. The van der Waals surface area contributed by atoms with Crippen LogP contribution in [0.2, 0.25) is 0 Å². The lowest BCUT2D eigenvalue weighted by molar-refractivity contribution is -0.127. The molecule has 0 saturated heterocycles. The van der Waals surface area contributed by atoms with Gasteiger partial charge in [-0.25, -0.2) is 0 Å². The summed E-state index contributed by atoms with van der Waals surface area (Å²) in [6.45, 7) is 6.15. The highest BCUT2D eigenvalue weighted by Crippen LogP contribution is 2.31. The molecule has 0 aliphatic heterocycles. The second kappa shape index (κ2) is 7.75. The van der Waals surface area contributed by atoms with Crippen LogP contribution >= 0.6 is 0 Å². The van der Waals surface area contributed by atoms with Crippen molar-refractivity contribution in [3.8, 4) is 11.5 Å². The first-order valence-corrected chi connectivity index (χ1v) is 6.70. The smallest absolute Gasteiger partial charge is 0.260 e. The number of aliphatic hydroxyl groups is 1. The zero-order valence-electron chi connectivity index (χ0n) is 12.5. The minimum Gasteiger partial charge on any atom is -0.493 e. The average Bonchev–Trinajstić information content (AvgIpc) is 2.44. The van der Waals surface area contributed by atoms with Crippen LogP contribution in [0, 0.1) is 5.92 Å². The topological polar surface area (TPSA) is 67.8 Å². The molecule has 0 aliphatic rings. The Balaban J connectivity index is 2.79. The first-order chi connectivity index (χ1) is 9.49. The number of para-hydroxylation sites is 1. The fourth-order valence-electron chi connectivity index (χ4n) is 1.66. The van der Waals surface area contributed by atoms with E-state index >= 15 is 0 Å². The number of methoxy groups -OCH3 is 1. The van der Waals surface area contributed by atoms with E-state index in [1.165, 1.54) is 7.11 Å². The minimum absolute atomic E-state index is 0.174. The number of ether oxygens (including phenoxy) is 2.